The molecular formula is C19H24ClNO. The molecule has 0 N–H and O–H groups in total. The normalized spacial score (nSPS) is 12.0. The van der Waals surface area contributed by atoms with E-state index in [9.17, 15) is 0 Å². The SMILES string of the molecule is CCCOc1ccc(C(Cl)CN(CC)c2ccccc2)cc1. The quantitative estimate of drug-likeness (QED) is 0.614. The van der Waals surface area contributed by atoms with E-state index in [4.69, 9.17) is 16.3 Å². The predicted octanol–water partition coefficient (Wildman–Crippen LogP) is 5.28. The second kappa shape index (κ2) is 8.70. The summed E-state index contributed by atoms with van der Waals surface area (Å²) in [6, 6.07) is 18.5. The van der Waals surface area contributed by atoms with Gasteiger partial charge in [-0.05, 0) is 43.2 Å². The highest BCUT2D eigenvalue weighted by molar-refractivity contribution is 6.21. The minimum atomic E-state index is -0.0413. The van der Waals surface area contributed by atoms with Gasteiger partial charge in [0.2, 0.25) is 0 Å². The van der Waals surface area contributed by atoms with E-state index in [0.29, 0.717) is 0 Å². The molecule has 0 amide bonds. The first-order valence-electron chi connectivity index (χ1n) is 7.91. The van der Waals surface area contributed by atoms with Crippen LogP contribution in [-0.2, 0) is 0 Å². The fraction of sp³-hybridized carbons (Fsp3) is 0.368. The summed E-state index contributed by atoms with van der Waals surface area (Å²) in [6.07, 6.45) is 1.02. The Hall–Kier alpha value is -1.67. The average molecular weight is 318 g/mol. The Labute approximate surface area is 138 Å². The highest BCUT2D eigenvalue weighted by atomic mass is 35.5. The van der Waals surface area contributed by atoms with Crippen molar-refractivity contribution in [3.63, 3.8) is 0 Å². The van der Waals surface area contributed by atoms with Gasteiger partial charge in [0, 0.05) is 18.8 Å². The van der Waals surface area contributed by atoms with Crippen LogP contribution in [0.5, 0.6) is 5.75 Å². The standard InChI is InChI=1S/C19H24ClNO/c1-3-14-22-18-12-10-16(11-13-18)19(20)15-21(4-2)17-8-6-5-7-9-17/h5-13,19H,3-4,14-15H2,1-2H3. The zero-order chi connectivity index (χ0) is 15.8. The van der Waals surface area contributed by atoms with E-state index < -0.39 is 0 Å². The summed E-state index contributed by atoms with van der Waals surface area (Å²) in [7, 11) is 0. The van der Waals surface area contributed by atoms with E-state index in [1.54, 1.807) is 0 Å². The maximum Gasteiger partial charge on any atom is 0.119 e. The summed E-state index contributed by atoms with van der Waals surface area (Å²) < 4.78 is 5.61. The van der Waals surface area contributed by atoms with Crippen LogP contribution in [0.4, 0.5) is 5.69 Å². The van der Waals surface area contributed by atoms with Gasteiger partial charge in [-0.3, -0.25) is 0 Å². The van der Waals surface area contributed by atoms with Crippen molar-refractivity contribution in [3.05, 3.63) is 60.2 Å². The van der Waals surface area contributed by atoms with Crippen molar-refractivity contribution < 1.29 is 4.74 Å². The number of anilines is 1. The number of likely N-dealkylation sites (N-methyl/N-ethyl adjacent to an activating group) is 1. The van der Waals surface area contributed by atoms with Crippen molar-refractivity contribution in [1.82, 2.24) is 0 Å². The summed E-state index contributed by atoms with van der Waals surface area (Å²) in [5.41, 5.74) is 2.33. The van der Waals surface area contributed by atoms with Gasteiger partial charge in [0.05, 0.1) is 12.0 Å². The lowest BCUT2D eigenvalue weighted by atomic mass is 10.1. The van der Waals surface area contributed by atoms with Gasteiger partial charge in [0.15, 0.2) is 0 Å². The first-order valence-corrected chi connectivity index (χ1v) is 8.35. The Balaban J connectivity index is 1.99. The van der Waals surface area contributed by atoms with Crippen LogP contribution in [0.2, 0.25) is 0 Å². The number of para-hydroxylation sites is 1. The largest absolute Gasteiger partial charge is 0.494 e. The minimum absolute atomic E-state index is 0.0413. The molecule has 2 nitrogen and oxygen atoms in total. The Morgan fingerprint density at radius 2 is 1.68 bits per heavy atom. The Morgan fingerprint density at radius 3 is 2.27 bits per heavy atom. The third-order valence-corrected chi connectivity index (χ3v) is 3.99. The molecule has 0 aliphatic carbocycles. The van der Waals surface area contributed by atoms with E-state index in [1.807, 2.05) is 18.2 Å². The first-order chi connectivity index (χ1) is 10.7. The van der Waals surface area contributed by atoms with Gasteiger partial charge in [-0.1, -0.05) is 37.3 Å². The molecule has 0 aliphatic rings. The monoisotopic (exact) mass is 317 g/mol. The molecule has 0 saturated carbocycles. The van der Waals surface area contributed by atoms with E-state index in [2.05, 4.69) is 55.1 Å². The van der Waals surface area contributed by atoms with Crippen molar-refractivity contribution in [2.45, 2.75) is 25.6 Å². The average Bonchev–Trinajstić information content (AvgIpc) is 2.58. The molecule has 3 heteroatoms. The summed E-state index contributed by atoms with van der Waals surface area (Å²) >= 11 is 6.60. The van der Waals surface area contributed by atoms with Crippen LogP contribution < -0.4 is 9.64 Å². The number of halogens is 1. The molecule has 22 heavy (non-hydrogen) atoms. The van der Waals surface area contributed by atoms with Gasteiger partial charge in [-0.2, -0.15) is 0 Å². The molecule has 0 fully saturated rings. The van der Waals surface area contributed by atoms with Crippen LogP contribution in [0.15, 0.2) is 54.6 Å². The van der Waals surface area contributed by atoms with E-state index in [1.165, 1.54) is 5.69 Å². The van der Waals surface area contributed by atoms with Crippen molar-refractivity contribution >= 4 is 17.3 Å². The number of nitrogens with zero attached hydrogens (tertiary/aromatic N) is 1. The zero-order valence-electron chi connectivity index (χ0n) is 13.3. The van der Waals surface area contributed by atoms with Crippen LogP contribution in [0.3, 0.4) is 0 Å². The highest BCUT2D eigenvalue weighted by Gasteiger charge is 2.13. The Kier molecular flexibility index (Phi) is 6.60. The van der Waals surface area contributed by atoms with Gasteiger partial charge in [-0.15, -0.1) is 11.6 Å². The smallest absolute Gasteiger partial charge is 0.119 e. The third-order valence-electron chi connectivity index (χ3n) is 3.60. The predicted molar refractivity (Wildman–Crippen MR) is 95.2 cm³/mol. The Bertz CT molecular complexity index is 541. The number of benzene rings is 2. The molecule has 0 radical (unpaired) electrons. The van der Waals surface area contributed by atoms with Crippen molar-refractivity contribution in [1.29, 1.82) is 0 Å². The molecule has 0 spiro atoms. The fourth-order valence-electron chi connectivity index (χ4n) is 2.35. The molecule has 1 atom stereocenters. The second-order valence-corrected chi connectivity index (χ2v) is 5.79. The van der Waals surface area contributed by atoms with Crippen LogP contribution >= 0.6 is 11.6 Å². The molecule has 0 bridgehead atoms. The van der Waals surface area contributed by atoms with Crippen molar-refractivity contribution in [3.8, 4) is 5.75 Å². The summed E-state index contributed by atoms with van der Waals surface area (Å²) in [6.45, 7) is 6.73. The van der Waals surface area contributed by atoms with Crippen LogP contribution in [-0.4, -0.2) is 19.7 Å². The lowest BCUT2D eigenvalue weighted by Crippen LogP contribution is -2.26. The van der Waals surface area contributed by atoms with E-state index >= 15 is 0 Å². The molecule has 0 aliphatic heterocycles. The van der Waals surface area contributed by atoms with Gasteiger partial charge in [0.25, 0.3) is 0 Å². The topological polar surface area (TPSA) is 12.5 Å². The minimum Gasteiger partial charge on any atom is -0.494 e. The molecule has 118 valence electrons. The number of hydrogen-bond donors (Lipinski definition) is 0. The zero-order valence-corrected chi connectivity index (χ0v) is 14.1. The van der Waals surface area contributed by atoms with E-state index in [0.717, 1.165) is 37.4 Å². The first kappa shape index (κ1) is 16.7. The second-order valence-electron chi connectivity index (χ2n) is 5.26. The molecule has 0 aromatic heterocycles. The molecule has 1 unspecified atom stereocenters. The summed E-state index contributed by atoms with van der Waals surface area (Å²) in [4.78, 5) is 2.29. The van der Waals surface area contributed by atoms with Crippen LogP contribution in [0.1, 0.15) is 31.2 Å². The summed E-state index contributed by atoms with van der Waals surface area (Å²) in [5, 5.41) is -0.0413. The number of hydrogen-bond acceptors (Lipinski definition) is 2. The number of ether oxygens (including phenoxy) is 1. The molecular weight excluding hydrogens is 294 g/mol. The van der Waals surface area contributed by atoms with Crippen molar-refractivity contribution in [2.75, 3.05) is 24.6 Å². The van der Waals surface area contributed by atoms with Crippen molar-refractivity contribution in [2.24, 2.45) is 0 Å². The molecule has 2 aromatic carbocycles. The van der Waals surface area contributed by atoms with Crippen LogP contribution in [0, 0.1) is 0 Å². The summed E-state index contributed by atoms with van der Waals surface area (Å²) in [5.74, 6) is 0.907. The lowest BCUT2D eigenvalue weighted by Gasteiger charge is -2.26. The fourth-order valence-corrected chi connectivity index (χ4v) is 2.66. The number of alkyl halides is 1. The van der Waals surface area contributed by atoms with Gasteiger partial charge in [0.1, 0.15) is 5.75 Å². The molecule has 0 saturated heterocycles. The highest BCUT2D eigenvalue weighted by Crippen LogP contribution is 2.26. The molecule has 2 rings (SSSR count). The lowest BCUT2D eigenvalue weighted by molar-refractivity contribution is 0.317. The van der Waals surface area contributed by atoms with Gasteiger partial charge < -0.3 is 9.64 Å². The number of rotatable bonds is 8. The van der Waals surface area contributed by atoms with Gasteiger partial charge in [-0.25, -0.2) is 0 Å². The third kappa shape index (κ3) is 4.67. The Morgan fingerprint density at radius 1 is 1.00 bits per heavy atom. The maximum absolute atomic E-state index is 6.60. The van der Waals surface area contributed by atoms with Crippen LogP contribution in [0.25, 0.3) is 0 Å². The van der Waals surface area contributed by atoms with Gasteiger partial charge >= 0.3 is 0 Å². The van der Waals surface area contributed by atoms with E-state index in [-0.39, 0.29) is 5.38 Å². The maximum atomic E-state index is 6.60. The molecule has 2 aromatic rings. The molecule has 0 heterocycles.